The molecule has 2 aromatic carbocycles. The fourth-order valence-corrected chi connectivity index (χ4v) is 3.46. The minimum Gasteiger partial charge on any atom is -0.490 e. The highest BCUT2D eigenvalue weighted by molar-refractivity contribution is 5.65. The Balaban J connectivity index is 1.83. The number of methoxy groups -OCH3 is 1. The first-order chi connectivity index (χ1) is 16.8. The van der Waals surface area contributed by atoms with Gasteiger partial charge in [-0.25, -0.2) is 9.59 Å². The van der Waals surface area contributed by atoms with Crippen LogP contribution in [0.25, 0.3) is 0 Å². The van der Waals surface area contributed by atoms with Crippen LogP contribution in [-0.2, 0) is 18.9 Å². The summed E-state index contributed by atoms with van der Waals surface area (Å²) in [6.45, 7) is 3.20. The third kappa shape index (κ3) is 6.28. The van der Waals surface area contributed by atoms with Crippen molar-refractivity contribution < 1.29 is 38.2 Å². The number of hydrogen-bond acceptors (Lipinski definition) is 10. The van der Waals surface area contributed by atoms with E-state index in [2.05, 4.69) is 10.1 Å². The third-order valence-electron chi connectivity index (χ3n) is 4.95. The van der Waals surface area contributed by atoms with Gasteiger partial charge in [0.15, 0.2) is 0 Å². The van der Waals surface area contributed by atoms with Crippen molar-refractivity contribution in [1.82, 2.24) is 5.32 Å². The van der Waals surface area contributed by atoms with E-state index in [-0.39, 0.29) is 36.0 Å². The number of dihydropyridines is 1. The molecule has 0 aromatic heterocycles. The summed E-state index contributed by atoms with van der Waals surface area (Å²) in [5.74, 6) is -0.545. The molecule has 1 aliphatic heterocycles. The van der Waals surface area contributed by atoms with E-state index in [0.717, 1.165) is 7.11 Å². The molecule has 1 heterocycles. The van der Waals surface area contributed by atoms with Crippen LogP contribution < -0.4 is 10.1 Å². The maximum atomic E-state index is 12.5. The first-order valence-corrected chi connectivity index (χ1v) is 10.5. The van der Waals surface area contributed by atoms with Gasteiger partial charge in [-0.15, -0.1) is 0 Å². The number of allylic oxidation sites excluding steroid dienone is 2. The molecule has 11 nitrogen and oxygen atoms in total. The molecule has 0 amide bonds. The van der Waals surface area contributed by atoms with Crippen LogP contribution in [0.15, 0.2) is 77.5 Å². The van der Waals surface area contributed by atoms with Crippen LogP contribution in [0.3, 0.4) is 0 Å². The summed E-state index contributed by atoms with van der Waals surface area (Å²) in [6, 6.07) is 14.8. The van der Waals surface area contributed by atoms with Gasteiger partial charge in [0.25, 0.3) is 5.69 Å². The predicted molar refractivity (Wildman–Crippen MR) is 122 cm³/mol. The van der Waals surface area contributed by atoms with Gasteiger partial charge >= 0.3 is 12.3 Å². The number of nitrogens with zero attached hydrogens (tertiary/aromatic N) is 1. The van der Waals surface area contributed by atoms with Crippen molar-refractivity contribution in [1.29, 1.82) is 0 Å². The van der Waals surface area contributed by atoms with Crippen LogP contribution in [0.1, 0.15) is 25.3 Å². The van der Waals surface area contributed by atoms with Crippen molar-refractivity contribution in [3.8, 4) is 5.75 Å². The van der Waals surface area contributed by atoms with Gasteiger partial charge in [-0.05, 0) is 26.0 Å². The lowest BCUT2D eigenvalue weighted by Gasteiger charge is -2.29. The molecule has 0 aliphatic carbocycles. The maximum Gasteiger partial charge on any atom is 0.513 e. The molecule has 1 atom stereocenters. The second-order valence-corrected chi connectivity index (χ2v) is 7.27. The maximum absolute atomic E-state index is 12.5. The van der Waals surface area contributed by atoms with Crippen LogP contribution in [0.5, 0.6) is 5.75 Å². The van der Waals surface area contributed by atoms with E-state index in [1.807, 2.05) is 18.2 Å². The molecule has 184 valence electrons. The average Bonchev–Trinajstić information content (AvgIpc) is 2.85. The molecular weight excluding hydrogens is 460 g/mol. The topological polar surface area (TPSA) is 135 Å². The highest BCUT2D eigenvalue weighted by Crippen LogP contribution is 2.42. The van der Waals surface area contributed by atoms with E-state index in [4.69, 9.17) is 18.9 Å². The molecule has 1 aliphatic rings. The smallest absolute Gasteiger partial charge is 0.490 e. The molecule has 0 fully saturated rings. The number of carbonyl (C=O) groups excluding carboxylic acids is 2. The molecule has 0 bridgehead atoms. The summed E-state index contributed by atoms with van der Waals surface area (Å²) in [6.07, 6.45) is -2.09. The first-order valence-electron chi connectivity index (χ1n) is 10.5. The Labute approximate surface area is 201 Å². The monoisotopic (exact) mass is 484 g/mol. The number of rotatable bonds is 8. The highest BCUT2D eigenvalue weighted by atomic mass is 16.7. The third-order valence-corrected chi connectivity index (χ3v) is 4.95. The Morgan fingerprint density at radius 2 is 1.51 bits per heavy atom. The molecule has 3 rings (SSSR count). The Morgan fingerprint density at radius 1 is 0.914 bits per heavy atom. The van der Waals surface area contributed by atoms with E-state index < -0.39 is 23.2 Å². The molecule has 0 saturated carbocycles. The second kappa shape index (κ2) is 11.5. The molecule has 0 saturated heterocycles. The summed E-state index contributed by atoms with van der Waals surface area (Å²) in [7, 11) is 1.13. The number of nitro groups is 1. The van der Waals surface area contributed by atoms with Crippen LogP contribution in [-0.4, -0.2) is 37.6 Å². The number of benzene rings is 2. The second-order valence-electron chi connectivity index (χ2n) is 7.27. The molecular formula is C24H24N2O9. The number of nitrogens with one attached hydrogen (secondary N) is 1. The number of para-hydroxylation sites is 2. The lowest BCUT2D eigenvalue weighted by atomic mass is 9.89. The van der Waals surface area contributed by atoms with Gasteiger partial charge in [0.2, 0.25) is 0 Å². The number of hydrogen-bond donors (Lipinski definition) is 1. The average molecular weight is 484 g/mol. The van der Waals surface area contributed by atoms with Crippen LogP contribution in [0.2, 0.25) is 0 Å². The summed E-state index contributed by atoms with van der Waals surface area (Å²) in [4.78, 5) is 35.5. The highest BCUT2D eigenvalue weighted by Gasteiger charge is 2.38. The fourth-order valence-electron chi connectivity index (χ4n) is 3.46. The zero-order valence-corrected chi connectivity index (χ0v) is 19.3. The standard InChI is InChI=1S/C24H24N2O9/c1-15-21(34-23(27)31-3)20(18-11-7-8-12-19(18)26(29)30)22(16(2)25-15)35-24(28)33-14-13-32-17-9-5-4-6-10-17/h4-12,20,25H,13-14H2,1-3H3. The van der Waals surface area contributed by atoms with Crippen LogP contribution in [0.4, 0.5) is 15.3 Å². The molecule has 35 heavy (non-hydrogen) atoms. The Morgan fingerprint density at radius 3 is 2.14 bits per heavy atom. The lowest BCUT2D eigenvalue weighted by molar-refractivity contribution is -0.385. The van der Waals surface area contributed by atoms with Gasteiger partial charge in [0.1, 0.15) is 36.4 Å². The molecule has 0 radical (unpaired) electrons. The number of ether oxygens (including phenoxy) is 5. The van der Waals surface area contributed by atoms with Crippen molar-refractivity contribution in [3.63, 3.8) is 0 Å². The normalized spacial score (nSPS) is 15.1. The molecule has 1 unspecified atom stereocenters. The minimum atomic E-state index is -1.11. The minimum absolute atomic E-state index is 0.0213. The van der Waals surface area contributed by atoms with Crippen molar-refractivity contribution in [2.24, 2.45) is 0 Å². The zero-order valence-electron chi connectivity index (χ0n) is 19.3. The van der Waals surface area contributed by atoms with Gasteiger partial charge < -0.3 is 29.0 Å². The summed E-state index contributed by atoms with van der Waals surface area (Å²) >= 11 is 0. The van der Waals surface area contributed by atoms with E-state index in [9.17, 15) is 19.7 Å². The van der Waals surface area contributed by atoms with E-state index in [1.54, 1.807) is 32.0 Å². The van der Waals surface area contributed by atoms with E-state index in [0.29, 0.717) is 17.1 Å². The summed E-state index contributed by atoms with van der Waals surface area (Å²) in [5, 5.41) is 14.7. The fraction of sp³-hybridized carbons (Fsp3) is 0.250. The van der Waals surface area contributed by atoms with Crippen LogP contribution >= 0.6 is 0 Å². The van der Waals surface area contributed by atoms with Gasteiger partial charge in [0.05, 0.1) is 23.4 Å². The molecule has 2 aromatic rings. The van der Waals surface area contributed by atoms with E-state index >= 15 is 0 Å². The summed E-state index contributed by atoms with van der Waals surface area (Å²) < 4.78 is 25.9. The molecule has 0 spiro atoms. The number of carbonyl (C=O) groups is 2. The van der Waals surface area contributed by atoms with Gasteiger partial charge in [-0.3, -0.25) is 10.1 Å². The quantitative estimate of drug-likeness (QED) is 0.242. The van der Waals surface area contributed by atoms with Gasteiger partial charge in [0, 0.05) is 11.6 Å². The number of nitro benzene ring substituents is 1. The lowest BCUT2D eigenvalue weighted by Crippen LogP contribution is -2.29. The van der Waals surface area contributed by atoms with Gasteiger partial charge in [-0.2, -0.15) is 0 Å². The summed E-state index contributed by atoms with van der Waals surface area (Å²) in [5.41, 5.74) is 0.650. The van der Waals surface area contributed by atoms with Gasteiger partial charge in [-0.1, -0.05) is 36.4 Å². The predicted octanol–water partition coefficient (Wildman–Crippen LogP) is 4.76. The molecule has 11 heteroatoms. The Bertz CT molecular complexity index is 1160. The van der Waals surface area contributed by atoms with Crippen molar-refractivity contribution >= 4 is 18.0 Å². The van der Waals surface area contributed by atoms with E-state index in [1.165, 1.54) is 18.2 Å². The largest absolute Gasteiger partial charge is 0.513 e. The van der Waals surface area contributed by atoms with Crippen molar-refractivity contribution in [2.75, 3.05) is 20.3 Å². The SMILES string of the molecule is COC(=O)OC1=C(C)NC(C)=C(OC(=O)OCCOc2ccccc2)C1c1ccccc1[N+](=O)[O-]. The Kier molecular flexibility index (Phi) is 8.28. The molecule has 1 N–H and O–H groups in total. The Hall–Kier alpha value is -4.54. The zero-order chi connectivity index (χ0) is 25.4. The van der Waals surface area contributed by atoms with Crippen molar-refractivity contribution in [2.45, 2.75) is 19.8 Å². The first kappa shape index (κ1) is 25.1. The van der Waals surface area contributed by atoms with Crippen molar-refractivity contribution in [3.05, 3.63) is 93.2 Å². The van der Waals surface area contributed by atoms with Crippen LogP contribution in [0, 0.1) is 10.1 Å².